The number of aromatic nitrogens is 1. The summed E-state index contributed by atoms with van der Waals surface area (Å²) in [4.78, 5) is 11.5. The van der Waals surface area contributed by atoms with E-state index in [1.54, 1.807) is 0 Å². The first-order chi connectivity index (χ1) is 9.65. The van der Waals surface area contributed by atoms with Crippen molar-refractivity contribution >= 4 is 5.97 Å². The molecule has 0 amide bonds. The fraction of sp³-hybridized carbons (Fsp3) is 0.647. The molecule has 3 rings (SSSR count). The standard InChI is InChI=1S/C17H24NO2/c1-12-6-8-15(9-7-12)18-11-14(10-16(18)17(19)20)13-4-2-3-5-13/h10-13H,2-9H2,1H3,(H,19,20). The summed E-state index contributed by atoms with van der Waals surface area (Å²) in [5.41, 5.74) is 1.71. The Hall–Kier alpha value is -1.25. The SMILES string of the molecule is CC1CC[C](n2cc(C3CCCC3)cc2C(=O)O)CC1. The van der Waals surface area contributed by atoms with E-state index < -0.39 is 5.97 Å². The third-order valence-electron chi connectivity index (χ3n) is 5.08. The smallest absolute Gasteiger partial charge is 0.352 e. The highest BCUT2D eigenvalue weighted by Crippen LogP contribution is 2.38. The number of nitrogens with zero attached hydrogens (tertiary/aromatic N) is 1. The normalized spacial score (nSPS) is 22.4. The summed E-state index contributed by atoms with van der Waals surface area (Å²) < 4.78 is 1.99. The van der Waals surface area contributed by atoms with Crippen molar-refractivity contribution in [3.05, 3.63) is 29.6 Å². The van der Waals surface area contributed by atoms with Gasteiger partial charge in [0.1, 0.15) is 5.69 Å². The second-order valence-electron chi connectivity index (χ2n) is 6.56. The highest BCUT2D eigenvalue weighted by molar-refractivity contribution is 5.86. The monoisotopic (exact) mass is 274 g/mol. The zero-order chi connectivity index (χ0) is 14.1. The third-order valence-corrected chi connectivity index (χ3v) is 5.08. The zero-order valence-electron chi connectivity index (χ0n) is 12.3. The number of rotatable bonds is 3. The molecule has 3 nitrogen and oxygen atoms in total. The van der Waals surface area contributed by atoms with Crippen LogP contribution in [0.25, 0.3) is 0 Å². The van der Waals surface area contributed by atoms with E-state index in [0.717, 1.165) is 18.8 Å². The molecule has 1 heterocycles. The molecule has 3 heteroatoms. The van der Waals surface area contributed by atoms with E-state index in [-0.39, 0.29) is 0 Å². The molecule has 0 aromatic carbocycles. The molecule has 0 atom stereocenters. The molecule has 0 saturated heterocycles. The average Bonchev–Trinajstić information content (AvgIpc) is 3.08. The maximum Gasteiger partial charge on any atom is 0.352 e. The number of hydrogen-bond donors (Lipinski definition) is 1. The van der Waals surface area contributed by atoms with Crippen LogP contribution in [0.5, 0.6) is 0 Å². The van der Waals surface area contributed by atoms with Gasteiger partial charge in [-0.3, -0.25) is 0 Å². The second kappa shape index (κ2) is 5.63. The third kappa shape index (κ3) is 2.63. The Morgan fingerprint density at radius 1 is 1.20 bits per heavy atom. The van der Waals surface area contributed by atoms with E-state index in [9.17, 15) is 9.90 Å². The van der Waals surface area contributed by atoms with Crippen molar-refractivity contribution in [3.63, 3.8) is 0 Å². The summed E-state index contributed by atoms with van der Waals surface area (Å²) >= 11 is 0. The van der Waals surface area contributed by atoms with Gasteiger partial charge in [-0.05, 0) is 62.0 Å². The maximum absolute atomic E-state index is 11.5. The van der Waals surface area contributed by atoms with Gasteiger partial charge in [-0.15, -0.1) is 0 Å². The molecule has 2 aliphatic carbocycles. The molecule has 2 saturated carbocycles. The Bertz CT molecular complexity index is 477. The van der Waals surface area contributed by atoms with Gasteiger partial charge in [0.25, 0.3) is 0 Å². The molecule has 1 radical (unpaired) electrons. The minimum absolute atomic E-state index is 0.469. The highest BCUT2D eigenvalue weighted by atomic mass is 16.4. The molecular weight excluding hydrogens is 250 g/mol. The summed E-state index contributed by atoms with van der Waals surface area (Å²) in [6.45, 7) is 2.29. The molecule has 109 valence electrons. The van der Waals surface area contributed by atoms with E-state index in [0.29, 0.717) is 11.6 Å². The summed E-state index contributed by atoms with van der Waals surface area (Å²) in [5.74, 6) is 0.565. The fourth-order valence-electron chi connectivity index (χ4n) is 3.73. The average molecular weight is 274 g/mol. The van der Waals surface area contributed by atoms with Crippen molar-refractivity contribution in [1.29, 1.82) is 0 Å². The predicted octanol–water partition coefficient (Wildman–Crippen LogP) is 4.43. The molecule has 20 heavy (non-hydrogen) atoms. The Morgan fingerprint density at radius 3 is 2.45 bits per heavy atom. The van der Waals surface area contributed by atoms with E-state index in [1.165, 1.54) is 50.1 Å². The van der Waals surface area contributed by atoms with Gasteiger partial charge >= 0.3 is 5.97 Å². The van der Waals surface area contributed by atoms with E-state index in [1.807, 2.05) is 10.6 Å². The van der Waals surface area contributed by atoms with Crippen molar-refractivity contribution in [2.75, 3.05) is 0 Å². The molecule has 1 N–H and O–H groups in total. The largest absolute Gasteiger partial charge is 0.477 e. The van der Waals surface area contributed by atoms with Gasteiger partial charge in [-0.25, -0.2) is 4.79 Å². The van der Waals surface area contributed by atoms with E-state index in [4.69, 9.17) is 0 Å². The van der Waals surface area contributed by atoms with Gasteiger partial charge in [0.15, 0.2) is 0 Å². The molecule has 0 aliphatic heterocycles. The van der Waals surface area contributed by atoms with Crippen LogP contribution >= 0.6 is 0 Å². The van der Waals surface area contributed by atoms with Gasteiger partial charge in [0.2, 0.25) is 0 Å². The number of carboxylic acids is 1. The molecule has 2 aliphatic rings. The minimum atomic E-state index is -0.791. The predicted molar refractivity (Wildman–Crippen MR) is 78.9 cm³/mol. The first-order valence-electron chi connectivity index (χ1n) is 7.96. The quantitative estimate of drug-likeness (QED) is 0.885. The minimum Gasteiger partial charge on any atom is -0.477 e. The lowest BCUT2D eigenvalue weighted by molar-refractivity contribution is 0.0685. The van der Waals surface area contributed by atoms with Crippen LogP contribution in [0.1, 0.15) is 80.3 Å². The summed E-state index contributed by atoms with van der Waals surface area (Å²) in [6.07, 6.45) is 11.6. The van der Waals surface area contributed by atoms with Gasteiger partial charge in [-0.1, -0.05) is 19.8 Å². The van der Waals surface area contributed by atoms with Crippen molar-refractivity contribution in [1.82, 2.24) is 4.57 Å². The van der Waals surface area contributed by atoms with E-state index >= 15 is 0 Å². The van der Waals surface area contributed by atoms with Crippen LogP contribution < -0.4 is 0 Å². The topological polar surface area (TPSA) is 42.2 Å². The van der Waals surface area contributed by atoms with Crippen LogP contribution in [0.2, 0.25) is 0 Å². The zero-order valence-corrected chi connectivity index (χ0v) is 12.3. The molecule has 1 aromatic rings. The summed E-state index contributed by atoms with van der Waals surface area (Å²) in [7, 11) is 0. The summed E-state index contributed by atoms with van der Waals surface area (Å²) in [6, 6.07) is 3.22. The Balaban J connectivity index is 1.86. The Morgan fingerprint density at radius 2 is 1.85 bits per heavy atom. The molecule has 0 spiro atoms. The molecule has 0 unspecified atom stereocenters. The van der Waals surface area contributed by atoms with Gasteiger partial charge in [0, 0.05) is 6.20 Å². The molecule has 2 fully saturated rings. The van der Waals surface area contributed by atoms with Crippen molar-refractivity contribution in [3.8, 4) is 0 Å². The lowest BCUT2D eigenvalue weighted by Crippen LogP contribution is -2.20. The molecular formula is C17H24NO2. The Labute approximate surface area is 121 Å². The van der Waals surface area contributed by atoms with Crippen LogP contribution in [-0.2, 0) is 0 Å². The van der Waals surface area contributed by atoms with Crippen molar-refractivity contribution < 1.29 is 9.90 Å². The number of aromatic carboxylic acids is 1. The van der Waals surface area contributed by atoms with Gasteiger partial charge < -0.3 is 9.67 Å². The number of carboxylic acid groups (broad SMARTS) is 1. The number of hydrogen-bond acceptors (Lipinski definition) is 1. The van der Waals surface area contributed by atoms with Crippen molar-refractivity contribution in [2.24, 2.45) is 5.92 Å². The first-order valence-corrected chi connectivity index (χ1v) is 7.96. The van der Waals surface area contributed by atoms with Crippen LogP contribution in [0.3, 0.4) is 0 Å². The van der Waals surface area contributed by atoms with Crippen LogP contribution in [0, 0.1) is 12.0 Å². The van der Waals surface area contributed by atoms with Crippen molar-refractivity contribution in [2.45, 2.75) is 64.2 Å². The van der Waals surface area contributed by atoms with Crippen LogP contribution in [0.15, 0.2) is 12.3 Å². The highest BCUT2D eigenvalue weighted by Gasteiger charge is 2.27. The molecule has 0 bridgehead atoms. The van der Waals surface area contributed by atoms with E-state index in [2.05, 4.69) is 13.1 Å². The van der Waals surface area contributed by atoms with Crippen LogP contribution in [-0.4, -0.2) is 15.6 Å². The van der Waals surface area contributed by atoms with Crippen LogP contribution in [0.4, 0.5) is 0 Å². The second-order valence-corrected chi connectivity index (χ2v) is 6.56. The van der Waals surface area contributed by atoms with Gasteiger partial charge in [0.05, 0.1) is 6.04 Å². The fourth-order valence-corrected chi connectivity index (χ4v) is 3.73. The van der Waals surface area contributed by atoms with Gasteiger partial charge in [-0.2, -0.15) is 0 Å². The summed E-state index contributed by atoms with van der Waals surface area (Å²) in [5, 5.41) is 9.47. The Kier molecular flexibility index (Phi) is 3.86. The maximum atomic E-state index is 11.5. The lowest BCUT2D eigenvalue weighted by Gasteiger charge is -2.27. The lowest BCUT2D eigenvalue weighted by atomic mass is 9.87. The number of carbonyl (C=O) groups is 1. The molecule has 1 aromatic heterocycles. The first kappa shape index (κ1) is 13.7.